The molecule has 31 heavy (non-hydrogen) atoms. The maximum atomic E-state index is 12.8. The molecule has 1 aliphatic rings. The van der Waals surface area contributed by atoms with E-state index in [0.29, 0.717) is 17.2 Å². The van der Waals surface area contributed by atoms with Crippen molar-refractivity contribution in [2.24, 2.45) is 0 Å². The fourth-order valence-electron chi connectivity index (χ4n) is 3.74. The van der Waals surface area contributed by atoms with E-state index in [-0.39, 0.29) is 18.2 Å². The van der Waals surface area contributed by atoms with E-state index in [0.717, 1.165) is 34.1 Å². The number of ether oxygens (including phenoxy) is 1. The molecule has 0 spiro atoms. The van der Waals surface area contributed by atoms with E-state index in [1.165, 1.54) is 11.8 Å². The van der Waals surface area contributed by atoms with Crippen LogP contribution >= 0.6 is 11.8 Å². The highest BCUT2D eigenvalue weighted by molar-refractivity contribution is 7.99. The zero-order valence-corrected chi connectivity index (χ0v) is 17.7. The van der Waals surface area contributed by atoms with E-state index in [1.54, 1.807) is 4.57 Å². The zero-order chi connectivity index (χ0) is 21.2. The predicted molar refractivity (Wildman–Crippen MR) is 123 cm³/mol. The Balaban J connectivity index is 1.54. The minimum atomic E-state index is -0.440. The standard InChI is InChI=1S/C25H22N2O3S/c28-23-22(19-13-14-19)24(31-21-12-6-10-18-9-4-5-11-20(18)21)27(25(29)26-23)16-30-15-17-7-2-1-3-8-17/h1-12,19H,13-16H2,(H,26,28,29). The van der Waals surface area contributed by atoms with Crippen LogP contribution in [0.1, 0.15) is 29.9 Å². The molecule has 3 aromatic carbocycles. The van der Waals surface area contributed by atoms with Gasteiger partial charge in [-0.1, -0.05) is 78.5 Å². The molecule has 1 N–H and O–H groups in total. The van der Waals surface area contributed by atoms with Crippen molar-refractivity contribution < 1.29 is 4.74 Å². The summed E-state index contributed by atoms with van der Waals surface area (Å²) >= 11 is 1.48. The SMILES string of the molecule is O=c1[nH]c(=O)n(COCc2ccccc2)c(Sc2cccc3ccccc23)c1C1CC1. The molecule has 1 fully saturated rings. The van der Waals surface area contributed by atoms with Gasteiger partial charge in [0.1, 0.15) is 6.73 Å². The van der Waals surface area contributed by atoms with Crippen molar-refractivity contribution in [3.8, 4) is 0 Å². The largest absolute Gasteiger partial charge is 0.356 e. The third-order valence-electron chi connectivity index (χ3n) is 5.46. The number of hydrogen-bond acceptors (Lipinski definition) is 4. The van der Waals surface area contributed by atoms with Gasteiger partial charge in [0.15, 0.2) is 0 Å². The summed E-state index contributed by atoms with van der Waals surface area (Å²) in [6.07, 6.45) is 1.94. The number of rotatable bonds is 7. The van der Waals surface area contributed by atoms with Crippen molar-refractivity contribution >= 4 is 22.5 Å². The summed E-state index contributed by atoms with van der Waals surface area (Å²) in [6.45, 7) is 0.473. The van der Waals surface area contributed by atoms with E-state index in [9.17, 15) is 9.59 Å². The van der Waals surface area contributed by atoms with Gasteiger partial charge < -0.3 is 4.74 Å². The topological polar surface area (TPSA) is 64.1 Å². The van der Waals surface area contributed by atoms with Crippen LogP contribution in [0.5, 0.6) is 0 Å². The van der Waals surface area contributed by atoms with Crippen LogP contribution in [0.2, 0.25) is 0 Å². The molecule has 0 unspecified atom stereocenters. The van der Waals surface area contributed by atoms with Gasteiger partial charge in [-0.2, -0.15) is 0 Å². The van der Waals surface area contributed by atoms with Crippen LogP contribution in [0, 0.1) is 0 Å². The van der Waals surface area contributed by atoms with Crippen molar-refractivity contribution in [3.63, 3.8) is 0 Å². The van der Waals surface area contributed by atoms with Gasteiger partial charge in [0, 0.05) is 4.90 Å². The molecule has 1 heterocycles. The lowest BCUT2D eigenvalue weighted by Gasteiger charge is -2.16. The first-order chi connectivity index (χ1) is 15.2. The van der Waals surface area contributed by atoms with Gasteiger partial charge in [0.05, 0.1) is 17.2 Å². The number of fused-ring (bicyclic) bond motifs is 1. The number of nitrogens with one attached hydrogen (secondary N) is 1. The summed E-state index contributed by atoms with van der Waals surface area (Å²) in [6, 6.07) is 24.1. The van der Waals surface area contributed by atoms with Crippen molar-refractivity contribution in [2.75, 3.05) is 0 Å². The van der Waals surface area contributed by atoms with Crippen LogP contribution in [0.25, 0.3) is 10.8 Å². The molecule has 0 saturated heterocycles. The average molecular weight is 431 g/mol. The second-order valence-corrected chi connectivity index (χ2v) is 8.75. The Morgan fingerprint density at radius 3 is 2.48 bits per heavy atom. The summed E-state index contributed by atoms with van der Waals surface area (Å²) in [4.78, 5) is 29.0. The lowest BCUT2D eigenvalue weighted by molar-refractivity contribution is 0.0550. The molecule has 1 aromatic heterocycles. The molecule has 0 radical (unpaired) electrons. The fourth-order valence-corrected chi connectivity index (χ4v) is 5.01. The van der Waals surface area contributed by atoms with E-state index in [2.05, 4.69) is 23.2 Å². The minimum absolute atomic E-state index is 0.0807. The van der Waals surface area contributed by atoms with Crippen LogP contribution in [0.3, 0.4) is 0 Å². The molecular weight excluding hydrogens is 408 g/mol. The summed E-state index contributed by atoms with van der Waals surface area (Å²) in [5.74, 6) is 0.196. The number of nitrogens with zero attached hydrogens (tertiary/aromatic N) is 1. The highest BCUT2D eigenvalue weighted by Gasteiger charge is 2.31. The number of aromatic nitrogens is 2. The van der Waals surface area contributed by atoms with Gasteiger partial charge in [-0.05, 0) is 41.2 Å². The van der Waals surface area contributed by atoms with E-state index in [4.69, 9.17) is 4.74 Å². The van der Waals surface area contributed by atoms with Crippen LogP contribution in [0.4, 0.5) is 0 Å². The maximum Gasteiger partial charge on any atom is 0.331 e. The van der Waals surface area contributed by atoms with Crippen LogP contribution in [-0.2, 0) is 18.1 Å². The van der Waals surface area contributed by atoms with Crippen LogP contribution < -0.4 is 11.2 Å². The molecule has 0 aliphatic heterocycles. The van der Waals surface area contributed by atoms with E-state index >= 15 is 0 Å². The number of benzene rings is 3. The Bertz CT molecular complexity index is 1340. The normalized spacial score (nSPS) is 13.5. The van der Waals surface area contributed by atoms with Gasteiger partial charge in [-0.15, -0.1) is 0 Å². The van der Waals surface area contributed by atoms with Gasteiger partial charge in [0.2, 0.25) is 0 Å². The van der Waals surface area contributed by atoms with Crippen molar-refractivity contribution in [1.82, 2.24) is 9.55 Å². The third-order valence-corrected chi connectivity index (χ3v) is 6.67. The molecule has 5 nitrogen and oxygen atoms in total. The molecule has 0 atom stereocenters. The van der Waals surface area contributed by atoms with Gasteiger partial charge in [0.25, 0.3) is 5.56 Å². The first kappa shape index (κ1) is 19.8. The molecule has 156 valence electrons. The molecular formula is C25H22N2O3S. The number of H-pyrrole nitrogens is 1. The molecule has 0 amide bonds. The summed E-state index contributed by atoms with van der Waals surface area (Å²) in [5, 5.41) is 2.90. The second kappa shape index (κ2) is 8.57. The lowest BCUT2D eigenvalue weighted by atomic mass is 10.1. The van der Waals surface area contributed by atoms with Crippen LogP contribution in [-0.4, -0.2) is 9.55 Å². The predicted octanol–water partition coefficient (Wildman–Crippen LogP) is 4.89. The smallest absolute Gasteiger partial charge is 0.331 e. The first-order valence-electron chi connectivity index (χ1n) is 10.3. The van der Waals surface area contributed by atoms with Gasteiger partial charge >= 0.3 is 5.69 Å². The third kappa shape index (κ3) is 4.22. The first-order valence-corrected chi connectivity index (χ1v) is 11.2. The monoisotopic (exact) mass is 430 g/mol. The maximum absolute atomic E-state index is 12.8. The quantitative estimate of drug-likeness (QED) is 0.424. The average Bonchev–Trinajstić information content (AvgIpc) is 3.62. The molecule has 1 aliphatic carbocycles. The number of aromatic amines is 1. The van der Waals surface area contributed by atoms with Gasteiger partial charge in [-0.25, -0.2) is 4.79 Å². The molecule has 1 saturated carbocycles. The second-order valence-electron chi connectivity index (χ2n) is 7.72. The number of hydrogen-bond donors (Lipinski definition) is 1. The fraction of sp³-hybridized carbons (Fsp3) is 0.200. The Morgan fingerprint density at radius 1 is 0.935 bits per heavy atom. The zero-order valence-electron chi connectivity index (χ0n) is 16.9. The summed E-state index contributed by atoms with van der Waals surface area (Å²) in [7, 11) is 0. The van der Waals surface area contributed by atoms with E-state index in [1.807, 2.05) is 54.6 Å². The van der Waals surface area contributed by atoms with Gasteiger partial charge in [-0.3, -0.25) is 14.3 Å². The molecule has 6 heteroatoms. The van der Waals surface area contributed by atoms with Crippen molar-refractivity contribution in [1.29, 1.82) is 0 Å². The highest BCUT2D eigenvalue weighted by atomic mass is 32.2. The van der Waals surface area contributed by atoms with E-state index < -0.39 is 5.69 Å². The molecule has 4 aromatic rings. The van der Waals surface area contributed by atoms with Crippen molar-refractivity contribution in [2.45, 2.75) is 42.0 Å². The van der Waals surface area contributed by atoms with Crippen LogP contribution in [0.15, 0.2) is 92.3 Å². The lowest BCUT2D eigenvalue weighted by Crippen LogP contribution is -2.34. The Morgan fingerprint density at radius 2 is 1.68 bits per heavy atom. The Hall–Kier alpha value is -3.09. The summed E-state index contributed by atoms with van der Waals surface area (Å²) < 4.78 is 7.44. The Labute approximate surface area is 183 Å². The molecule has 0 bridgehead atoms. The minimum Gasteiger partial charge on any atom is -0.356 e. The highest BCUT2D eigenvalue weighted by Crippen LogP contribution is 2.44. The summed E-state index contributed by atoms with van der Waals surface area (Å²) in [5.41, 5.74) is 1.01. The van der Waals surface area contributed by atoms with Crippen molar-refractivity contribution in [3.05, 3.63) is 105 Å². The molecule has 5 rings (SSSR count). The Kier molecular flexibility index (Phi) is 5.49.